The lowest BCUT2D eigenvalue weighted by Gasteiger charge is -2.23. The number of ether oxygens (including phenoxy) is 3. The third-order valence-electron chi connectivity index (χ3n) is 3.89. The molecule has 0 saturated carbocycles. The van der Waals surface area contributed by atoms with E-state index in [0.717, 1.165) is 12.0 Å². The predicted molar refractivity (Wildman–Crippen MR) is 109 cm³/mol. The van der Waals surface area contributed by atoms with Crippen molar-refractivity contribution >= 4 is 17.2 Å². The first-order valence-electron chi connectivity index (χ1n) is 9.51. The van der Waals surface area contributed by atoms with Gasteiger partial charge in [-0.25, -0.2) is 0 Å². The molecule has 0 radical (unpaired) electrons. The minimum absolute atomic E-state index is 0.0343. The highest BCUT2D eigenvalue weighted by molar-refractivity contribution is 7.07. The molecule has 0 saturated heterocycles. The SMILES string of the molecule is CCCN(Cc1ccsc1)C(=O)c1cc(OCC)c(OCC)c(OCC)c1. The van der Waals surface area contributed by atoms with E-state index in [1.165, 1.54) is 0 Å². The van der Waals surface area contributed by atoms with Crippen LogP contribution in [-0.2, 0) is 6.54 Å². The molecule has 1 aromatic heterocycles. The molecule has 0 atom stereocenters. The maximum atomic E-state index is 13.2. The van der Waals surface area contributed by atoms with Crippen molar-refractivity contribution in [1.82, 2.24) is 4.90 Å². The van der Waals surface area contributed by atoms with Crippen LogP contribution in [0, 0.1) is 0 Å². The standard InChI is InChI=1S/C21H29NO4S/c1-5-10-22(14-16-9-11-27-15-16)21(23)17-12-18(24-6-2)20(26-8-4)19(13-17)25-7-3/h9,11-13,15H,5-8,10,14H2,1-4H3. The largest absolute Gasteiger partial charge is 0.490 e. The lowest BCUT2D eigenvalue weighted by atomic mass is 10.1. The van der Waals surface area contributed by atoms with Crippen molar-refractivity contribution in [2.45, 2.75) is 40.7 Å². The summed E-state index contributed by atoms with van der Waals surface area (Å²) >= 11 is 1.64. The van der Waals surface area contributed by atoms with E-state index < -0.39 is 0 Å². The molecule has 0 aliphatic rings. The summed E-state index contributed by atoms with van der Waals surface area (Å²) in [6, 6.07) is 5.57. The molecule has 0 bridgehead atoms. The number of hydrogen-bond acceptors (Lipinski definition) is 5. The maximum Gasteiger partial charge on any atom is 0.254 e. The molecular formula is C21H29NO4S. The van der Waals surface area contributed by atoms with Gasteiger partial charge in [0.05, 0.1) is 19.8 Å². The summed E-state index contributed by atoms with van der Waals surface area (Å²) in [6.45, 7) is 10.5. The molecule has 148 valence electrons. The maximum absolute atomic E-state index is 13.2. The van der Waals surface area contributed by atoms with Crippen LogP contribution in [0.4, 0.5) is 0 Å². The molecule has 0 spiro atoms. The van der Waals surface area contributed by atoms with E-state index in [1.807, 2.05) is 31.1 Å². The Balaban J connectivity index is 2.39. The second kappa shape index (κ2) is 10.8. The summed E-state index contributed by atoms with van der Waals surface area (Å²) < 4.78 is 17.2. The van der Waals surface area contributed by atoms with Gasteiger partial charge in [0.15, 0.2) is 11.5 Å². The van der Waals surface area contributed by atoms with Gasteiger partial charge in [-0.05, 0) is 61.7 Å². The monoisotopic (exact) mass is 391 g/mol. The summed E-state index contributed by atoms with van der Waals surface area (Å²) in [5.41, 5.74) is 1.69. The highest BCUT2D eigenvalue weighted by Gasteiger charge is 2.22. The van der Waals surface area contributed by atoms with Gasteiger partial charge >= 0.3 is 0 Å². The topological polar surface area (TPSA) is 48.0 Å². The van der Waals surface area contributed by atoms with Gasteiger partial charge in [0.25, 0.3) is 5.91 Å². The zero-order valence-corrected chi connectivity index (χ0v) is 17.4. The Morgan fingerprint density at radius 3 is 2.11 bits per heavy atom. The molecule has 2 aromatic rings. The molecule has 6 heteroatoms. The van der Waals surface area contributed by atoms with Crippen LogP contribution in [0.25, 0.3) is 0 Å². The molecule has 0 N–H and O–H groups in total. The molecule has 0 unspecified atom stereocenters. The Morgan fingerprint density at radius 1 is 1.00 bits per heavy atom. The average molecular weight is 392 g/mol. The van der Waals surface area contributed by atoms with Crippen LogP contribution in [-0.4, -0.2) is 37.2 Å². The molecule has 0 aliphatic heterocycles. The van der Waals surface area contributed by atoms with Crippen LogP contribution >= 0.6 is 11.3 Å². The predicted octanol–water partition coefficient (Wildman–Crippen LogP) is 5.00. The van der Waals surface area contributed by atoms with Crippen LogP contribution in [0.3, 0.4) is 0 Å². The number of amides is 1. The minimum Gasteiger partial charge on any atom is -0.490 e. The minimum atomic E-state index is -0.0343. The molecule has 1 amide bonds. The zero-order valence-electron chi connectivity index (χ0n) is 16.6. The fourth-order valence-corrected chi connectivity index (χ4v) is 3.48. The van der Waals surface area contributed by atoms with Gasteiger partial charge in [-0.3, -0.25) is 4.79 Å². The highest BCUT2D eigenvalue weighted by atomic mass is 32.1. The molecular weight excluding hydrogens is 362 g/mol. The number of carbonyl (C=O) groups excluding carboxylic acids is 1. The smallest absolute Gasteiger partial charge is 0.254 e. The second-order valence-corrected chi connectivity index (χ2v) is 6.74. The number of benzene rings is 1. The Hall–Kier alpha value is -2.21. The van der Waals surface area contributed by atoms with Gasteiger partial charge in [-0.1, -0.05) is 6.92 Å². The van der Waals surface area contributed by atoms with Crippen molar-refractivity contribution in [3.05, 3.63) is 40.1 Å². The number of thiophene rings is 1. The second-order valence-electron chi connectivity index (χ2n) is 5.96. The Bertz CT molecular complexity index is 688. The highest BCUT2D eigenvalue weighted by Crippen LogP contribution is 2.39. The molecule has 27 heavy (non-hydrogen) atoms. The van der Waals surface area contributed by atoms with E-state index in [4.69, 9.17) is 14.2 Å². The lowest BCUT2D eigenvalue weighted by molar-refractivity contribution is 0.0742. The molecule has 1 heterocycles. The van der Waals surface area contributed by atoms with Crippen LogP contribution in [0.1, 0.15) is 50.0 Å². The third-order valence-corrected chi connectivity index (χ3v) is 4.62. The van der Waals surface area contributed by atoms with Crippen LogP contribution in [0.15, 0.2) is 29.0 Å². The summed E-state index contributed by atoms with van der Waals surface area (Å²) in [5.74, 6) is 1.60. The van der Waals surface area contributed by atoms with Crippen LogP contribution < -0.4 is 14.2 Å². The summed E-state index contributed by atoms with van der Waals surface area (Å²) in [5, 5.41) is 4.10. The van der Waals surface area contributed by atoms with Crippen molar-refractivity contribution in [1.29, 1.82) is 0 Å². The van der Waals surface area contributed by atoms with Crippen LogP contribution in [0.5, 0.6) is 17.2 Å². The van der Waals surface area contributed by atoms with Gasteiger partial charge in [0.2, 0.25) is 5.75 Å². The van der Waals surface area contributed by atoms with Gasteiger partial charge in [-0.15, -0.1) is 0 Å². The summed E-state index contributed by atoms with van der Waals surface area (Å²) in [7, 11) is 0. The van der Waals surface area contributed by atoms with Crippen molar-refractivity contribution in [2.75, 3.05) is 26.4 Å². The van der Waals surface area contributed by atoms with Crippen molar-refractivity contribution in [3.8, 4) is 17.2 Å². The normalized spacial score (nSPS) is 10.5. The fraction of sp³-hybridized carbons (Fsp3) is 0.476. The first kappa shape index (κ1) is 21.1. The van der Waals surface area contributed by atoms with Crippen molar-refractivity contribution < 1.29 is 19.0 Å². The molecule has 2 rings (SSSR count). The van der Waals surface area contributed by atoms with E-state index >= 15 is 0 Å². The van der Waals surface area contributed by atoms with E-state index in [2.05, 4.69) is 18.4 Å². The quantitative estimate of drug-likeness (QED) is 0.541. The Morgan fingerprint density at radius 2 is 1.63 bits per heavy atom. The summed E-state index contributed by atoms with van der Waals surface area (Å²) in [4.78, 5) is 15.1. The lowest BCUT2D eigenvalue weighted by Crippen LogP contribution is -2.31. The first-order chi connectivity index (χ1) is 13.1. The Labute approximate surface area is 165 Å². The molecule has 0 fully saturated rings. The van der Waals surface area contributed by atoms with Gasteiger partial charge < -0.3 is 19.1 Å². The number of nitrogens with zero attached hydrogens (tertiary/aromatic N) is 1. The Kier molecular flexibility index (Phi) is 8.45. The molecule has 0 aliphatic carbocycles. The van der Waals surface area contributed by atoms with Gasteiger partial charge in [-0.2, -0.15) is 11.3 Å². The summed E-state index contributed by atoms with van der Waals surface area (Å²) in [6.07, 6.45) is 0.892. The number of hydrogen-bond donors (Lipinski definition) is 0. The molecule has 1 aromatic carbocycles. The first-order valence-corrected chi connectivity index (χ1v) is 10.5. The van der Waals surface area contributed by atoms with Gasteiger partial charge in [0, 0.05) is 18.7 Å². The number of carbonyl (C=O) groups is 1. The number of rotatable bonds is 11. The average Bonchev–Trinajstić information content (AvgIpc) is 3.17. The fourth-order valence-electron chi connectivity index (χ4n) is 2.82. The van der Waals surface area contributed by atoms with E-state index in [0.29, 0.717) is 55.7 Å². The zero-order chi connectivity index (χ0) is 19.6. The third kappa shape index (κ3) is 5.63. The van der Waals surface area contributed by atoms with E-state index in [1.54, 1.807) is 23.5 Å². The van der Waals surface area contributed by atoms with E-state index in [-0.39, 0.29) is 5.91 Å². The van der Waals surface area contributed by atoms with Crippen molar-refractivity contribution in [3.63, 3.8) is 0 Å². The van der Waals surface area contributed by atoms with Crippen LogP contribution in [0.2, 0.25) is 0 Å². The molecule has 5 nitrogen and oxygen atoms in total. The van der Waals surface area contributed by atoms with Crippen molar-refractivity contribution in [2.24, 2.45) is 0 Å². The van der Waals surface area contributed by atoms with Gasteiger partial charge in [0.1, 0.15) is 0 Å². The van der Waals surface area contributed by atoms with E-state index in [9.17, 15) is 4.79 Å².